The van der Waals surface area contributed by atoms with E-state index in [9.17, 15) is 4.79 Å². The molecule has 0 spiro atoms. The third kappa shape index (κ3) is 3.49. The molecule has 1 aromatic heterocycles. The third-order valence-corrected chi connectivity index (χ3v) is 6.21. The van der Waals surface area contributed by atoms with E-state index in [4.69, 9.17) is 18.0 Å². The molecule has 0 aliphatic carbocycles. The number of amides is 1. The van der Waals surface area contributed by atoms with E-state index in [0.29, 0.717) is 16.3 Å². The molecular weight excluding hydrogens is 388 g/mol. The van der Waals surface area contributed by atoms with Gasteiger partial charge in [-0.25, -0.2) is 0 Å². The maximum atomic E-state index is 12.0. The number of nitrogens with one attached hydrogen (secondary N) is 1. The molecular formula is C10H12Br2N2OS2. The van der Waals surface area contributed by atoms with Crippen molar-refractivity contribution in [2.75, 3.05) is 0 Å². The molecule has 0 radical (unpaired) electrons. The zero-order valence-electron chi connectivity index (χ0n) is 9.34. The van der Waals surface area contributed by atoms with Crippen LogP contribution in [0.25, 0.3) is 0 Å². The highest BCUT2D eigenvalue weighted by atomic mass is 79.9. The molecule has 0 saturated carbocycles. The Hall–Kier alpha value is 0.0200. The van der Waals surface area contributed by atoms with Crippen LogP contribution in [0.15, 0.2) is 14.3 Å². The lowest BCUT2D eigenvalue weighted by molar-refractivity contribution is 0.0930. The van der Waals surface area contributed by atoms with Gasteiger partial charge in [-0.1, -0.05) is 19.1 Å². The SMILES string of the molecule is CCC(C)(NC(=O)c1cc(Br)c(Br)s1)C(N)=S. The normalized spacial score (nSPS) is 14.1. The smallest absolute Gasteiger partial charge is 0.262 e. The first-order valence-electron chi connectivity index (χ1n) is 4.87. The molecule has 0 aliphatic heterocycles. The van der Waals surface area contributed by atoms with Gasteiger partial charge in [-0.15, -0.1) is 11.3 Å². The van der Waals surface area contributed by atoms with Crippen LogP contribution < -0.4 is 11.1 Å². The third-order valence-electron chi connectivity index (χ3n) is 2.51. The number of thiocarbonyl (C=S) groups is 1. The highest BCUT2D eigenvalue weighted by Crippen LogP contribution is 2.32. The minimum Gasteiger partial charge on any atom is -0.391 e. The van der Waals surface area contributed by atoms with E-state index in [1.165, 1.54) is 11.3 Å². The number of rotatable bonds is 4. The molecule has 1 rings (SSSR count). The molecule has 0 fully saturated rings. The van der Waals surface area contributed by atoms with Gasteiger partial charge in [0.15, 0.2) is 0 Å². The Morgan fingerprint density at radius 2 is 2.24 bits per heavy atom. The predicted octanol–water partition coefficient (Wildman–Crippen LogP) is 3.46. The van der Waals surface area contributed by atoms with Crippen molar-refractivity contribution in [2.45, 2.75) is 25.8 Å². The highest BCUT2D eigenvalue weighted by Gasteiger charge is 2.28. The average Bonchev–Trinajstić information content (AvgIpc) is 2.59. The fraction of sp³-hybridized carbons (Fsp3) is 0.400. The van der Waals surface area contributed by atoms with E-state index in [1.807, 2.05) is 13.8 Å². The summed E-state index contributed by atoms with van der Waals surface area (Å²) in [6, 6.07) is 1.76. The number of hydrogen-bond donors (Lipinski definition) is 2. The zero-order chi connectivity index (χ0) is 13.2. The quantitative estimate of drug-likeness (QED) is 0.762. The Bertz CT molecular complexity index is 442. The van der Waals surface area contributed by atoms with E-state index in [0.717, 1.165) is 8.26 Å². The number of thiophene rings is 1. The topological polar surface area (TPSA) is 55.1 Å². The summed E-state index contributed by atoms with van der Waals surface area (Å²) in [5, 5.41) is 2.86. The lowest BCUT2D eigenvalue weighted by Gasteiger charge is -2.27. The molecule has 0 aliphatic rings. The van der Waals surface area contributed by atoms with Gasteiger partial charge in [-0.05, 0) is 51.3 Å². The average molecular weight is 400 g/mol. The molecule has 1 atom stereocenters. The van der Waals surface area contributed by atoms with Crippen LogP contribution >= 0.6 is 55.4 Å². The molecule has 7 heteroatoms. The van der Waals surface area contributed by atoms with Gasteiger partial charge in [-0.3, -0.25) is 4.79 Å². The first kappa shape index (κ1) is 15.1. The Kier molecular flexibility index (Phi) is 5.12. The Morgan fingerprint density at radius 1 is 1.65 bits per heavy atom. The maximum Gasteiger partial charge on any atom is 0.262 e. The fourth-order valence-electron chi connectivity index (χ4n) is 1.09. The molecule has 3 nitrogen and oxygen atoms in total. The van der Waals surface area contributed by atoms with Crippen LogP contribution in [0.1, 0.15) is 29.9 Å². The summed E-state index contributed by atoms with van der Waals surface area (Å²) in [6.07, 6.45) is 0.655. The summed E-state index contributed by atoms with van der Waals surface area (Å²) in [6.45, 7) is 3.75. The fourth-order valence-corrected chi connectivity index (χ4v) is 3.22. The lowest BCUT2D eigenvalue weighted by Crippen LogP contribution is -2.53. The van der Waals surface area contributed by atoms with Gasteiger partial charge < -0.3 is 11.1 Å². The highest BCUT2D eigenvalue weighted by molar-refractivity contribution is 9.13. The second kappa shape index (κ2) is 5.77. The van der Waals surface area contributed by atoms with Crippen molar-refractivity contribution in [3.63, 3.8) is 0 Å². The minimum absolute atomic E-state index is 0.168. The van der Waals surface area contributed by atoms with Crippen LogP contribution in [0.2, 0.25) is 0 Å². The number of carbonyl (C=O) groups excluding carboxylic acids is 1. The summed E-state index contributed by atoms with van der Waals surface area (Å²) < 4.78 is 1.75. The molecule has 94 valence electrons. The van der Waals surface area contributed by atoms with Gasteiger partial charge in [-0.2, -0.15) is 0 Å². The molecule has 3 N–H and O–H groups in total. The Morgan fingerprint density at radius 3 is 2.59 bits per heavy atom. The van der Waals surface area contributed by atoms with Crippen molar-refractivity contribution in [2.24, 2.45) is 5.73 Å². The molecule has 1 amide bonds. The molecule has 1 aromatic rings. The Labute approximate surface area is 126 Å². The summed E-state index contributed by atoms with van der Waals surface area (Å²) in [7, 11) is 0. The maximum absolute atomic E-state index is 12.0. The minimum atomic E-state index is -0.643. The second-order valence-electron chi connectivity index (χ2n) is 3.74. The number of halogens is 2. The van der Waals surface area contributed by atoms with Crippen molar-refractivity contribution >= 4 is 66.3 Å². The first-order chi connectivity index (χ1) is 7.80. The molecule has 1 heterocycles. The predicted molar refractivity (Wildman–Crippen MR) is 82.7 cm³/mol. The van der Waals surface area contributed by atoms with Crippen molar-refractivity contribution < 1.29 is 4.79 Å². The van der Waals surface area contributed by atoms with E-state index in [-0.39, 0.29) is 5.91 Å². The lowest BCUT2D eigenvalue weighted by atomic mass is 9.99. The summed E-state index contributed by atoms with van der Waals surface area (Å²) >= 11 is 13.0. The monoisotopic (exact) mass is 398 g/mol. The van der Waals surface area contributed by atoms with Crippen LogP contribution in [-0.2, 0) is 0 Å². The molecule has 1 unspecified atom stereocenters. The van der Waals surface area contributed by atoms with Gasteiger partial charge in [0.2, 0.25) is 0 Å². The van der Waals surface area contributed by atoms with Crippen molar-refractivity contribution in [1.29, 1.82) is 0 Å². The van der Waals surface area contributed by atoms with Gasteiger partial charge in [0.1, 0.15) is 0 Å². The van der Waals surface area contributed by atoms with Crippen LogP contribution in [0.5, 0.6) is 0 Å². The van der Waals surface area contributed by atoms with Crippen LogP contribution in [-0.4, -0.2) is 16.4 Å². The van der Waals surface area contributed by atoms with Crippen LogP contribution in [0.3, 0.4) is 0 Å². The largest absolute Gasteiger partial charge is 0.391 e. The molecule has 0 aromatic carbocycles. The number of carbonyl (C=O) groups is 1. The van der Waals surface area contributed by atoms with Crippen LogP contribution in [0.4, 0.5) is 0 Å². The van der Waals surface area contributed by atoms with Gasteiger partial charge in [0.25, 0.3) is 5.91 Å². The van der Waals surface area contributed by atoms with Gasteiger partial charge in [0, 0.05) is 4.47 Å². The van der Waals surface area contributed by atoms with Gasteiger partial charge >= 0.3 is 0 Å². The second-order valence-corrected chi connectivity index (χ2v) is 7.40. The van der Waals surface area contributed by atoms with Crippen LogP contribution in [0, 0.1) is 0 Å². The Balaban J connectivity index is 2.89. The standard InChI is InChI=1S/C10H12Br2N2OS2/c1-3-10(2,9(13)16)14-8(15)6-4-5(11)7(12)17-6/h4H,3H2,1-2H3,(H2,13,16)(H,14,15). The van der Waals surface area contributed by atoms with E-state index in [1.54, 1.807) is 6.07 Å². The number of nitrogens with two attached hydrogens (primary N) is 1. The number of hydrogen-bond acceptors (Lipinski definition) is 3. The summed E-state index contributed by atoms with van der Waals surface area (Å²) in [5.74, 6) is -0.168. The van der Waals surface area contributed by atoms with E-state index >= 15 is 0 Å². The molecule has 0 saturated heterocycles. The molecule has 0 bridgehead atoms. The zero-order valence-corrected chi connectivity index (χ0v) is 14.1. The van der Waals surface area contributed by atoms with Crippen molar-refractivity contribution in [1.82, 2.24) is 5.32 Å². The summed E-state index contributed by atoms with van der Waals surface area (Å²) in [4.78, 5) is 12.9. The summed E-state index contributed by atoms with van der Waals surface area (Å²) in [5.41, 5.74) is 5.00. The first-order valence-corrected chi connectivity index (χ1v) is 7.68. The van der Waals surface area contributed by atoms with E-state index < -0.39 is 5.54 Å². The van der Waals surface area contributed by atoms with Gasteiger partial charge in [0.05, 0.1) is 19.2 Å². The van der Waals surface area contributed by atoms with E-state index in [2.05, 4.69) is 37.2 Å². The van der Waals surface area contributed by atoms with Crippen molar-refractivity contribution in [3.05, 3.63) is 19.2 Å². The van der Waals surface area contributed by atoms with Crippen molar-refractivity contribution in [3.8, 4) is 0 Å². The molecule has 17 heavy (non-hydrogen) atoms.